The molecule has 0 heterocycles. The summed E-state index contributed by atoms with van der Waals surface area (Å²) in [5, 5.41) is 0. The number of hydrogen-bond donors (Lipinski definition) is 0. The predicted molar refractivity (Wildman–Crippen MR) is 334 cm³/mol. The van der Waals surface area contributed by atoms with Gasteiger partial charge in [0.25, 0.3) is 0 Å². The van der Waals surface area contributed by atoms with Crippen molar-refractivity contribution in [2.24, 2.45) is 0 Å². The Kier molecular flexibility index (Phi) is 60.8. The summed E-state index contributed by atoms with van der Waals surface area (Å²) < 4.78 is 16.9. The van der Waals surface area contributed by atoms with E-state index in [1.165, 1.54) is 128 Å². The normalized spacial score (nSPS) is 12.9. The molecule has 438 valence electrons. The predicted octanol–water partition coefficient (Wildman–Crippen LogP) is 22.0. The second-order valence-corrected chi connectivity index (χ2v) is 20.9. The monoisotopic (exact) mass is 1070 g/mol. The first-order chi connectivity index (χ1) is 38.0. The van der Waals surface area contributed by atoms with Crippen LogP contribution in [-0.4, -0.2) is 37.2 Å². The van der Waals surface area contributed by atoms with Crippen LogP contribution in [0.5, 0.6) is 0 Å². The fourth-order valence-electron chi connectivity index (χ4n) is 8.67. The summed E-state index contributed by atoms with van der Waals surface area (Å²) in [6, 6.07) is 0. The van der Waals surface area contributed by atoms with Gasteiger partial charge in [-0.25, -0.2) is 0 Å². The van der Waals surface area contributed by atoms with Gasteiger partial charge in [0.05, 0.1) is 0 Å². The lowest BCUT2D eigenvalue weighted by Gasteiger charge is -2.18. The van der Waals surface area contributed by atoms with E-state index in [0.29, 0.717) is 19.3 Å². The third-order valence-electron chi connectivity index (χ3n) is 13.5. The molecule has 1 atom stereocenters. The van der Waals surface area contributed by atoms with E-state index >= 15 is 0 Å². The van der Waals surface area contributed by atoms with Gasteiger partial charge in [-0.15, -0.1) is 0 Å². The summed E-state index contributed by atoms with van der Waals surface area (Å²) in [5.74, 6) is -0.963. The number of rotatable bonds is 57. The zero-order chi connectivity index (χ0) is 55.7. The van der Waals surface area contributed by atoms with Gasteiger partial charge in [0, 0.05) is 19.3 Å². The topological polar surface area (TPSA) is 78.9 Å². The Labute approximate surface area is 475 Å². The quantitative estimate of drug-likeness (QED) is 0.0261. The lowest BCUT2D eigenvalue weighted by molar-refractivity contribution is -0.167. The lowest BCUT2D eigenvalue weighted by Crippen LogP contribution is -2.30. The molecule has 0 aliphatic carbocycles. The molecular formula is C71H118O6. The molecule has 0 N–H and O–H groups in total. The molecule has 0 saturated heterocycles. The second kappa shape index (κ2) is 64.3. The maximum absolute atomic E-state index is 12.9. The Hall–Kier alpha value is -4.19. The van der Waals surface area contributed by atoms with Gasteiger partial charge < -0.3 is 14.2 Å². The van der Waals surface area contributed by atoms with Crippen LogP contribution in [-0.2, 0) is 28.6 Å². The molecule has 0 aromatic carbocycles. The summed E-state index contributed by atoms with van der Waals surface area (Å²) in [6.45, 7) is 6.48. The van der Waals surface area contributed by atoms with Crippen molar-refractivity contribution in [1.29, 1.82) is 0 Å². The minimum absolute atomic E-state index is 0.0999. The van der Waals surface area contributed by atoms with Gasteiger partial charge in [-0.3, -0.25) is 14.4 Å². The SMILES string of the molecule is CC/C=C\C/C=C\C/C=C\C/C=C\C/C=C\C/C=C\C/C=C\C/C=C\C/C=C\CCCC(=O)OCC(COC(=O)CCCCCCC/C=C\CCCCCCC)OC(=O)CCCCCCCCCCCCCCCCCC. The molecule has 0 rings (SSSR count). The highest BCUT2D eigenvalue weighted by Gasteiger charge is 2.19. The largest absolute Gasteiger partial charge is 0.462 e. The van der Waals surface area contributed by atoms with Crippen molar-refractivity contribution in [2.75, 3.05) is 13.2 Å². The zero-order valence-corrected chi connectivity index (χ0v) is 50.2. The summed E-state index contributed by atoms with van der Waals surface area (Å²) in [6.07, 6.45) is 89.2. The highest BCUT2D eigenvalue weighted by molar-refractivity contribution is 5.71. The molecule has 0 saturated carbocycles. The fraction of sp³-hybridized carbons (Fsp3) is 0.676. The number of carbonyl (C=O) groups is 3. The maximum atomic E-state index is 12.9. The number of esters is 3. The summed E-state index contributed by atoms with van der Waals surface area (Å²) >= 11 is 0. The lowest BCUT2D eigenvalue weighted by atomic mass is 10.0. The Morgan fingerprint density at radius 2 is 0.519 bits per heavy atom. The second-order valence-electron chi connectivity index (χ2n) is 20.9. The van der Waals surface area contributed by atoms with E-state index in [0.717, 1.165) is 116 Å². The van der Waals surface area contributed by atoms with Crippen molar-refractivity contribution in [3.8, 4) is 0 Å². The number of carbonyl (C=O) groups excluding carboxylic acids is 3. The van der Waals surface area contributed by atoms with Crippen LogP contribution in [0.4, 0.5) is 0 Å². The Morgan fingerprint density at radius 3 is 0.857 bits per heavy atom. The van der Waals surface area contributed by atoms with Crippen LogP contribution in [0.1, 0.15) is 290 Å². The third kappa shape index (κ3) is 62.5. The first-order valence-electron chi connectivity index (χ1n) is 32.0. The molecule has 0 aliphatic heterocycles. The first-order valence-corrected chi connectivity index (χ1v) is 32.0. The first kappa shape index (κ1) is 72.8. The molecule has 0 amide bonds. The summed E-state index contributed by atoms with van der Waals surface area (Å²) in [7, 11) is 0. The molecule has 0 aliphatic rings. The van der Waals surface area contributed by atoms with E-state index in [1.807, 2.05) is 0 Å². The van der Waals surface area contributed by atoms with Gasteiger partial charge in [-0.2, -0.15) is 0 Å². The highest BCUT2D eigenvalue weighted by atomic mass is 16.6. The smallest absolute Gasteiger partial charge is 0.306 e. The van der Waals surface area contributed by atoms with Crippen molar-refractivity contribution in [3.05, 3.63) is 122 Å². The van der Waals surface area contributed by atoms with E-state index in [-0.39, 0.29) is 37.5 Å². The summed E-state index contributed by atoms with van der Waals surface area (Å²) in [4.78, 5) is 38.3. The number of allylic oxidation sites excluding steroid dienone is 20. The van der Waals surface area contributed by atoms with Crippen molar-refractivity contribution >= 4 is 17.9 Å². The van der Waals surface area contributed by atoms with Crippen LogP contribution < -0.4 is 0 Å². The molecule has 1 unspecified atom stereocenters. The van der Waals surface area contributed by atoms with Gasteiger partial charge in [0.2, 0.25) is 0 Å². The van der Waals surface area contributed by atoms with E-state index in [1.54, 1.807) is 0 Å². The maximum Gasteiger partial charge on any atom is 0.306 e. The molecule has 0 aromatic rings. The van der Waals surface area contributed by atoms with E-state index in [4.69, 9.17) is 14.2 Å². The molecule has 6 nitrogen and oxygen atoms in total. The number of hydrogen-bond acceptors (Lipinski definition) is 6. The van der Waals surface area contributed by atoms with E-state index < -0.39 is 6.10 Å². The van der Waals surface area contributed by atoms with Crippen molar-refractivity contribution in [3.63, 3.8) is 0 Å². The molecule has 6 heteroatoms. The molecule has 0 radical (unpaired) electrons. The molecule has 77 heavy (non-hydrogen) atoms. The van der Waals surface area contributed by atoms with Crippen molar-refractivity contribution in [2.45, 2.75) is 297 Å². The number of ether oxygens (including phenoxy) is 3. The average Bonchev–Trinajstić information content (AvgIpc) is 3.43. The summed E-state index contributed by atoms with van der Waals surface area (Å²) in [5.41, 5.74) is 0. The van der Waals surface area contributed by atoms with E-state index in [2.05, 4.69) is 142 Å². The van der Waals surface area contributed by atoms with Gasteiger partial charge >= 0.3 is 17.9 Å². The molecule has 0 aromatic heterocycles. The third-order valence-corrected chi connectivity index (χ3v) is 13.5. The average molecular weight is 1070 g/mol. The standard InChI is InChI=1S/C71H118O6/c1-4-7-10-13-16-19-22-25-28-30-31-32-33-34-35-36-37-38-39-40-41-42-44-46-49-52-55-58-61-64-70(73)76-67-68(66-75-69(72)63-60-57-54-51-48-45-27-24-21-18-15-12-9-6-3)77-71(74)65-62-59-56-53-50-47-43-29-26-23-20-17-14-11-8-5-2/h7,10,16,19,24-25,27-28,31-32,34-35,37-38,40-41,44,46,52,55,68H,4-6,8-9,11-15,17-18,20-23,26,29-30,33,36,39,42-43,45,47-51,53-54,56-67H2,1-3H3/b10-7-,19-16-,27-24-,28-25-,32-31-,35-34-,38-37-,41-40-,46-44-,55-52-. The van der Waals surface area contributed by atoms with Gasteiger partial charge in [0.15, 0.2) is 6.10 Å². The van der Waals surface area contributed by atoms with Crippen LogP contribution in [0, 0.1) is 0 Å². The molecular weight excluding hydrogens is 949 g/mol. The minimum Gasteiger partial charge on any atom is -0.462 e. The number of unbranched alkanes of at least 4 members (excludes halogenated alkanes) is 26. The van der Waals surface area contributed by atoms with Gasteiger partial charge in [-0.1, -0.05) is 284 Å². The molecule has 0 bridgehead atoms. The van der Waals surface area contributed by atoms with Crippen molar-refractivity contribution in [1.82, 2.24) is 0 Å². The Bertz CT molecular complexity index is 1600. The van der Waals surface area contributed by atoms with Crippen LogP contribution in [0.3, 0.4) is 0 Å². The minimum atomic E-state index is -0.806. The highest BCUT2D eigenvalue weighted by Crippen LogP contribution is 2.16. The van der Waals surface area contributed by atoms with Crippen LogP contribution in [0.25, 0.3) is 0 Å². The molecule has 0 spiro atoms. The Morgan fingerprint density at radius 1 is 0.273 bits per heavy atom. The van der Waals surface area contributed by atoms with Crippen LogP contribution >= 0.6 is 0 Å². The molecule has 0 fully saturated rings. The Balaban J connectivity index is 4.43. The van der Waals surface area contributed by atoms with E-state index in [9.17, 15) is 14.4 Å². The van der Waals surface area contributed by atoms with Gasteiger partial charge in [0.1, 0.15) is 13.2 Å². The fourth-order valence-corrected chi connectivity index (χ4v) is 8.67. The zero-order valence-electron chi connectivity index (χ0n) is 50.2. The van der Waals surface area contributed by atoms with Crippen LogP contribution in [0.2, 0.25) is 0 Å². The van der Waals surface area contributed by atoms with Crippen LogP contribution in [0.15, 0.2) is 122 Å². The van der Waals surface area contributed by atoms with Crippen molar-refractivity contribution < 1.29 is 28.6 Å². The van der Waals surface area contributed by atoms with Gasteiger partial charge in [-0.05, 0) is 109 Å².